The fraction of sp³-hybridized carbons (Fsp3) is 0.267. The number of anilines is 1. The van der Waals surface area contributed by atoms with Crippen LogP contribution in [0, 0.1) is 6.92 Å². The van der Waals surface area contributed by atoms with E-state index in [-0.39, 0.29) is 11.5 Å². The molecular formula is C30H30N4O4. The number of aromatic nitrogens is 3. The number of carbonyl (C=O) groups excluding carboxylic acids is 1. The molecule has 3 heterocycles. The number of para-hydroxylation sites is 1. The van der Waals surface area contributed by atoms with Crippen LogP contribution in [0.2, 0.25) is 0 Å². The lowest BCUT2D eigenvalue weighted by atomic mass is 10.0. The lowest BCUT2D eigenvalue weighted by Gasteiger charge is -2.22. The minimum absolute atomic E-state index is 0.157. The molecule has 38 heavy (non-hydrogen) atoms. The number of nitrogens with one attached hydrogen (secondary N) is 1. The van der Waals surface area contributed by atoms with E-state index in [4.69, 9.17) is 9.15 Å². The number of aryl methyl sites for hydroxylation is 2. The smallest absolute Gasteiger partial charge is 0.340 e. The topological polar surface area (TPSA) is 99.2 Å². The highest BCUT2D eigenvalue weighted by molar-refractivity contribution is 5.96. The number of carbonyl (C=O) groups is 1. The first-order valence-electron chi connectivity index (χ1n) is 12.5. The summed E-state index contributed by atoms with van der Waals surface area (Å²) in [7, 11) is 1.83. The van der Waals surface area contributed by atoms with Crippen molar-refractivity contribution in [3.05, 3.63) is 87.7 Å². The first kappa shape index (κ1) is 25.2. The highest BCUT2D eigenvalue weighted by Crippen LogP contribution is 2.31. The fourth-order valence-electron chi connectivity index (χ4n) is 4.47. The molecule has 194 valence electrons. The van der Waals surface area contributed by atoms with Crippen LogP contribution in [0.15, 0.2) is 70.0 Å². The van der Waals surface area contributed by atoms with E-state index in [2.05, 4.69) is 15.4 Å². The molecule has 0 saturated heterocycles. The molecule has 0 aliphatic carbocycles. The van der Waals surface area contributed by atoms with Crippen LogP contribution in [-0.2, 0) is 11.8 Å². The molecule has 0 saturated carbocycles. The Morgan fingerprint density at radius 3 is 2.63 bits per heavy atom. The highest BCUT2D eigenvalue weighted by atomic mass is 16.6. The number of rotatable bonds is 5. The number of benzene rings is 2. The van der Waals surface area contributed by atoms with Gasteiger partial charge in [0.15, 0.2) is 16.8 Å². The van der Waals surface area contributed by atoms with Crippen molar-refractivity contribution in [2.24, 2.45) is 7.05 Å². The molecular weight excluding hydrogens is 480 g/mol. The lowest BCUT2D eigenvalue weighted by Crippen LogP contribution is -2.24. The molecule has 0 radical (unpaired) electrons. The summed E-state index contributed by atoms with van der Waals surface area (Å²) in [4.78, 5) is 30.7. The van der Waals surface area contributed by atoms with Gasteiger partial charge in [0.25, 0.3) is 0 Å². The van der Waals surface area contributed by atoms with Gasteiger partial charge in [0.05, 0.1) is 17.0 Å². The van der Waals surface area contributed by atoms with Crippen LogP contribution in [0.4, 0.5) is 5.69 Å². The Morgan fingerprint density at radius 2 is 1.87 bits per heavy atom. The molecule has 5 aromatic rings. The minimum atomic E-state index is -0.616. The van der Waals surface area contributed by atoms with Gasteiger partial charge in [0, 0.05) is 35.9 Å². The number of hydrogen-bond donors (Lipinski definition) is 1. The van der Waals surface area contributed by atoms with Gasteiger partial charge >= 0.3 is 5.97 Å². The molecule has 0 fully saturated rings. The molecule has 1 N–H and O–H groups in total. The maximum Gasteiger partial charge on any atom is 0.340 e. The molecule has 0 aliphatic heterocycles. The summed E-state index contributed by atoms with van der Waals surface area (Å²) in [5, 5.41) is 9.18. The first-order valence-corrected chi connectivity index (χ1v) is 12.5. The SMILES string of the molecule is Cc1cc(C(C)Nc2ccccc2C(=O)OC(C)(C)C)c2oc(-c3ccc4cn(C)nc4n3)cc(=O)c2c1. The average molecular weight is 511 g/mol. The van der Waals surface area contributed by atoms with Gasteiger partial charge in [-0.25, -0.2) is 9.78 Å². The van der Waals surface area contributed by atoms with Gasteiger partial charge < -0.3 is 14.5 Å². The van der Waals surface area contributed by atoms with E-state index in [1.807, 2.05) is 84.3 Å². The summed E-state index contributed by atoms with van der Waals surface area (Å²) in [6.07, 6.45) is 1.88. The predicted octanol–water partition coefficient (Wildman–Crippen LogP) is 6.18. The fourth-order valence-corrected chi connectivity index (χ4v) is 4.47. The lowest BCUT2D eigenvalue weighted by molar-refractivity contribution is 0.00706. The number of pyridine rings is 1. The van der Waals surface area contributed by atoms with E-state index >= 15 is 0 Å². The number of esters is 1. The quantitative estimate of drug-likeness (QED) is 0.282. The second kappa shape index (κ2) is 9.45. The van der Waals surface area contributed by atoms with Crippen molar-refractivity contribution in [1.82, 2.24) is 14.8 Å². The third-order valence-corrected chi connectivity index (χ3v) is 6.12. The van der Waals surface area contributed by atoms with Crippen molar-refractivity contribution in [2.45, 2.75) is 46.3 Å². The summed E-state index contributed by atoms with van der Waals surface area (Å²) in [6.45, 7) is 9.41. The van der Waals surface area contributed by atoms with Crippen LogP contribution >= 0.6 is 0 Å². The third-order valence-electron chi connectivity index (χ3n) is 6.12. The number of nitrogens with zero attached hydrogens (tertiary/aromatic N) is 3. The van der Waals surface area contributed by atoms with Gasteiger partial charge in [-0.3, -0.25) is 9.48 Å². The molecule has 8 heteroatoms. The van der Waals surface area contributed by atoms with Gasteiger partial charge in [0.1, 0.15) is 16.9 Å². The van der Waals surface area contributed by atoms with E-state index < -0.39 is 11.6 Å². The highest BCUT2D eigenvalue weighted by Gasteiger charge is 2.22. The molecule has 0 aliphatic rings. The van der Waals surface area contributed by atoms with Crippen LogP contribution in [0.5, 0.6) is 0 Å². The van der Waals surface area contributed by atoms with E-state index in [0.29, 0.717) is 39.3 Å². The molecule has 2 aromatic carbocycles. The third kappa shape index (κ3) is 5.02. The van der Waals surface area contributed by atoms with E-state index in [1.54, 1.807) is 16.8 Å². The Bertz CT molecular complexity index is 1740. The van der Waals surface area contributed by atoms with E-state index in [1.165, 1.54) is 6.07 Å². The summed E-state index contributed by atoms with van der Waals surface area (Å²) >= 11 is 0. The molecule has 5 rings (SSSR count). The zero-order valence-corrected chi connectivity index (χ0v) is 22.3. The number of ether oxygens (including phenoxy) is 1. The normalized spacial score (nSPS) is 12.6. The van der Waals surface area contributed by atoms with Gasteiger partial charge in [-0.1, -0.05) is 18.2 Å². The van der Waals surface area contributed by atoms with E-state index in [9.17, 15) is 9.59 Å². The van der Waals surface area contributed by atoms with Crippen LogP contribution in [0.1, 0.15) is 55.2 Å². The van der Waals surface area contributed by atoms with Crippen LogP contribution < -0.4 is 10.7 Å². The Kier molecular flexibility index (Phi) is 6.26. The molecule has 3 aromatic heterocycles. The Morgan fingerprint density at radius 1 is 1.11 bits per heavy atom. The van der Waals surface area contributed by atoms with Crippen LogP contribution in [0.25, 0.3) is 33.5 Å². The second-order valence-corrected chi connectivity index (χ2v) is 10.5. The summed E-state index contributed by atoms with van der Waals surface area (Å²) < 4.78 is 13.6. The van der Waals surface area contributed by atoms with Crippen molar-refractivity contribution >= 4 is 33.7 Å². The van der Waals surface area contributed by atoms with Crippen LogP contribution in [0.3, 0.4) is 0 Å². The average Bonchev–Trinajstić information content (AvgIpc) is 3.22. The molecule has 8 nitrogen and oxygen atoms in total. The summed E-state index contributed by atoms with van der Waals surface area (Å²) in [5.74, 6) is -0.0479. The van der Waals surface area contributed by atoms with Crippen LogP contribution in [-0.4, -0.2) is 26.3 Å². The summed E-state index contributed by atoms with van der Waals surface area (Å²) in [5.41, 5.74) is 3.57. The molecule has 0 amide bonds. The number of hydrogen-bond acceptors (Lipinski definition) is 7. The largest absolute Gasteiger partial charge is 0.456 e. The monoisotopic (exact) mass is 510 g/mol. The Hall–Kier alpha value is -4.46. The summed E-state index contributed by atoms with van der Waals surface area (Å²) in [6, 6.07) is 15.9. The van der Waals surface area contributed by atoms with Gasteiger partial charge in [0.2, 0.25) is 0 Å². The van der Waals surface area contributed by atoms with Crippen molar-refractivity contribution < 1.29 is 13.9 Å². The van der Waals surface area contributed by atoms with Gasteiger partial charge in [-0.2, -0.15) is 5.10 Å². The first-order chi connectivity index (χ1) is 18.0. The zero-order valence-electron chi connectivity index (χ0n) is 22.3. The molecule has 0 spiro atoms. The maximum absolute atomic E-state index is 13.2. The Labute approximate surface area is 220 Å². The Balaban J connectivity index is 1.57. The zero-order chi connectivity index (χ0) is 27.2. The molecule has 1 unspecified atom stereocenters. The number of fused-ring (bicyclic) bond motifs is 2. The standard InChI is InChI=1S/C30H30N4O4/c1-17-13-21(18(2)31-23-10-8-7-9-20(23)29(36)38-30(3,4)5)27-22(14-17)25(35)15-26(37-27)24-12-11-19-16-34(6)33-28(19)32-24/h7-16,18,31H,1-6H3. The van der Waals surface area contributed by atoms with Crippen molar-refractivity contribution in [3.63, 3.8) is 0 Å². The minimum Gasteiger partial charge on any atom is -0.456 e. The second-order valence-electron chi connectivity index (χ2n) is 10.5. The van der Waals surface area contributed by atoms with Crippen molar-refractivity contribution in [3.8, 4) is 11.5 Å². The maximum atomic E-state index is 13.2. The molecule has 1 atom stereocenters. The van der Waals surface area contributed by atoms with Gasteiger partial charge in [-0.05, 0) is 70.5 Å². The van der Waals surface area contributed by atoms with Gasteiger partial charge in [-0.15, -0.1) is 0 Å². The van der Waals surface area contributed by atoms with Crippen molar-refractivity contribution in [1.29, 1.82) is 0 Å². The molecule has 0 bridgehead atoms. The van der Waals surface area contributed by atoms with Crippen molar-refractivity contribution in [2.75, 3.05) is 5.32 Å². The predicted molar refractivity (Wildman–Crippen MR) is 148 cm³/mol. The van der Waals surface area contributed by atoms with E-state index in [0.717, 1.165) is 16.5 Å².